The van der Waals surface area contributed by atoms with Gasteiger partial charge in [0.15, 0.2) is 0 Å². The fourth-order valence-corrected chi connectivity index (χ4v) is 2.46. The van der Waals surface area contributed by atoms with Gasteiger partial charge in [0.1, 0.15) is 5.82 Å². The minimum absolute atomic E-state index is 0.170. The average molecular weight is 226 g/mol. The molecule has 0 bridgehead atoms. The molecular weight excluding hydrogens is 211 g/mol. The van der Waals surface area contributed by atoms with Gasteiger partial charge in [-0.05, 0) is 30.7 Å². The van der Waals surface area contributed by atoms with Crippen molar-refractivity contribution < 1.29 is 4.39 Å². The maximum Gasteiger partial charge on any atom is 0.123 e. The summed E-state index contributed by atoms with van der Waals surface area (Å²) in [5, 5.41) is 3.30. The van der Waals surface area contributed by atoms with Gasteiger partial charge in [-0.3, -0.25) is 4.72 Å². The van der Waals surface area contributed by atoms with Crippen molar-refractivity contribution >= 4 is 11.9 Å². The maximum atomic E-state index is 12.6. The van der Waals surface area contributed by atoms with Gasteiger partial charge in [-0.2, -0.15) is 0 Å². The number of nitrogens with one attached hydrogen (secondary N) is 2. The van der Waals surface area contributed by atoms with Crippen LogP contribution in [0.5, 0.6) is 0 Å². The Bertz CT molecular complexity index is 296. The highest BCUT2D eigenvalue weighted by Crippen LogP contribution is 2.12. The third-order valence-electron chi connectivity index (χ3n) is 2.46. The van der Waals surface area contributed by atoms with E-state index in [-0.39, 0.29) is 5.82 Å². The SMILES string of the molecule is Fc1ccc(CSNC2CCNC2)cc1. The van der Waals surface area contributed by atoms with Gasteiger partial charge in [0.05, 0.1) is 0 Å². The minimum atomic E-state index is -0.170. The summed E-state index contributed by atoms with van der Waals surface area (Å²) in [6.07, 6.45) is 1.19. The Morgan fingerprint density at radius 2 is 2.20 bits per heavy atom. The van der Waals surface area contributed by atoms with E-state index in [1.54, 1.807) is 11.9 Å². The van der Waals surface area contributed by atoms with E-state index in [4.69, 9.17) is 0 Å². The van der Waals surface area contributed by atoms with Crippen LogP contribution in [0, 0.1) is 5.82 Å². The first kappa shape index (κ1) is 10.9. The second-order valence-corrected chi connectivity index (χ2v) is 4.54. The first-order chi connectivity index (χ1) is 7.34. The third kappa shape index (κ3) is 3.48. The molecule has 0 amide bonds. The van der Waals surface area contributed by atoms with Crippen molar-refractivity contribution in [3.05, 3.63) is 35.6 Å². The summed E-state index contributed by atoms with van der Waals surface area (Å²) < 4.78 is 16.0. The number of benzene rings is 1. The van der Waals surface area contributed by atoms with Crippen molar-refractivity contribution in [1.29, 1.82) is 0 Å². The van der Waals surface area contributed by atoms with Crippen LogP contribution in [0.4, 0.5) is 4.39 Å². The van der Waals surface area contributed by atoms with Crippen LogP contribution < -0.4 is 10.0 Å². The first-order valence-corrected chi connectivity index (χ1v) is 6.15. The maximum absolute atomic E-state index is 12.6. The molecule has 1 aliphatic heterocycles. The first-order valence-electron chi connectivity index (χ1n) is 5.17. The van der Waals surface area contributed by atoms with Crippen LogP contribution in [0.3, 0.4) is 0 Å². The molecule has 1 aliphatic rings. The van der Waals surface area contributed by atoms with Gasteiger partial charge in [-0.25, -0.2) is 4.39 Å². The summed E-state index contributed by atoms with van der Waals surface area (Å²) in [6.45, 7) is 2.16. The third-order valence-corrected chi connectivity index (χ3v) is 3.44. The van der Waals surface area contributed by atoms with Gasteiger partial charge in [-0.15, -0.1) is 0 Å². The molecule has 1 atom stereocenters. The van der Waals surface area contributed by atoms with Crippen LogP contribution in [0.2, 0.25) is 0 Å². The molecule has 1 saturated heterocycles. The lowest BCUT2D eigenvalue weighted by molar-refractivity contribution is 0.627. The molecule has 2 rings (SSSR count). The van der Waals surface area contributed by atoms with E-state index in [0.717, 1.165) is 24.4 Å². The largest absolute Gasteiger partial charge is 0.315 e. The van der Waals surface area contributed by atoms with E-state index in [9.17, 15) is 4.39 Å². The molecule has 1 heterocycles. The monoisotopic (exact) mass is 226 g/mol. The normalized spacial score (nSPS) is 20.7. The van der Waals surface area contributed by atoms with E-state index >= 15 is 0 Å². The molecule has 0 aliphatic carbocycles. The quantitative estimate of drug-likeness (QED) is 0.767. The van der Waals surface area contributed by atoms with Crippen LogP contribution in [0.25, 0.3) is 0 Å². The van der Waals surface area contributed by atoms with Gasteiger partial charge in [-0.1, -0.05) is 24.1 Å². The molecule has 1 unspecified atom stereocenters. The van der Waals surface area contributed by atoms with Crippen molar-refractivity contribution in [2.24, 2.45) is 0 Å². The average Bonchev–Trinajstić information content (AvgIpc) is 2.74. The second kappa shape index (κ2) is 5.49. The fraction of sp³-hybridized carbons (Fsp3) is 0.455. The number of hydrogen-bond acceptors (Lipinski definition) is 3. The zero-order chi connectivity index (χ0) is 10.5. The molecule has 82 valence electrons. The molecule has 1 fully saturated rings. The van der Waals surface area contributed by atoms with E-state index in [0.29, 0.717) is 6.04 Å². The van der Waals surface area contributed by atoms with E-state index in [1.165, 1.54) is 18.6 Å². The Morgan fingerprint density at radius 3 is 2.87 bits per heavy atom. The van der Waals surface area contributed by atoms with E-state index in [2.05, 4.69) is 10.0 Å². The molecule has 1 aromatic carbocycles. The standard InChI is InChI=1S/C11H15FN2S/c12-10-3-1-9(2-4-10)8-15-14-11-5-6-13-7-11/h1-4,11,13-14H,5-8H2. The molecule has 2 nitrogen and oxygen atoms in total. The smallest absolute Gasteiger partial charge is 0.123 e. The van der Waals surface area contributed by atoms with Crippen molar-refractivity contribution in [1.82, 2.24) is 10.0 Å². The zero-order valence-corrected chi connectivity index (χ0v) is 9.32. The molecule has 15 heavy (non-hydrogen) atoms. The Labute approximate surface area is 93.8 Å². The molecule has 2 N–H and O–H groups in total. The molecule has 0 saturated carbocycles. The summed E-state index contributed by atoms with van der Waals surface area (Å²) in [5.74, 6) is 0.716. The molecule has 0 aromatic heterocycles. The number of halogens is 1. The predicted molar refractivity (Wildman–Crippen MR) is 62.1 cm³/mol. The predicted octanol–water partition coefficient (Wildman–Crippen LogP) is 1.93. The van der Waals surface area contributed by atoms with Crippen LogP contribution >= 0.6 is 11.9 Å². The minimum Gasteiger partial charge on any atom is -0.315 e. The highest BCUT2D eigenvalue weighted by molar-refractivity contribution is 7.96. The Morgan fingerprint density at radius 1 is 1.40 bits per heavy atom. The van der Waals surface area contributed by atoms with Crippen LogP contribution in [0.15, 0.2) is 24.3 Å². The van der Waals surface area contributed by atoms with Gasteiger partial charge in [0, 0.05) is 18.3 Å². The molecule has 0 radical (unpaired) electrons. The second-order valence-electron chi connectivity index (χ2n) is 3.72. The van der Waals surface area contributed by atoms with E-state index in [1.807, 2.05) is 12.1 Å². The van der Waals surface area contributed by atoms with Gasteiger partial charge in [0.25, 0.3) is 0 Å². The van der Waals surface area contributed by atoms with Crippen LogP contribution in [0.1, 0.15) is 12.0 Å². The van der Waals surface area contributed by atoms with Gasteiger partial charge < -0.3 is 5.32 Å². The molecule has 0 spiro atoms. The van der Waals surface area contributed by atoms with Gasteiger partial charge in [0.2, 0.25) is 0 Å². The van der Waals surface area contributed by atoms with Crippen molar-refractivity contribution in [3.8, 4) is 0 Å². The number of rotatable bonds is 4. The molecule has 1 aromatic rings. The lowest BCUT2D eigenvalue weighted by Gasteiger charge is -2.09. The Balaban J connectivity index is 1.71. The Kier molecular flexibility index (Phi) is 4.00. The van der Waals surface area contributed by atoms with E-state index < -0.39 is 0 Å². The van der Waals surface area contributed by atoms with Crippen molar-refractivity contribution in [2.75, 3.05) is 13.1 Å². The van der Waals surface area contributed by atoms with Crippen LogP contribution in [-0.2, 0) is 5.75 Å². The topological polar surface area (TPSA) is 24.1 Å². The summed E-state index contributed by atoms with van der Waals surface area (Å²) in [4.78, 5) is 0. The van der Waals surface area contributed by atoms with Crippen LogP contribution in [-0.4, -0.2) is 19.1 Å². The summed E-state index contributed by atoms with van der Waals surface area (Å²) >= 11 is 1.70. The Hall–Kier alpha value is -0.580. The highest BCUT2D eigenvalue weighted by Gasteiger charge is 2.12. The summed E-state index contributed by atoms with van der Waals surface area (Å²) in [5.41, 5.74) is 1.15. The van der Waals surface area contributed by atoms with Crippen molar-refractivity contribution in [3.63, 3.8) is 0 Å². The van der Waals surface area contributed by atoms with Gasteiger partial charge >= 0.3 is 0 Å². The van der Waals surface area contributed by atoms with Crippen molar-refractivity contribution in [2.45, 2.75) is 18.2 Å². The zero-order valence-electron chi connectivity index (χ0n) is 8.50. The molecule has 4 heteroatoms. The summed E-state index contributed by atoms with van der Waals surface area (Å²) in [7, 11) is 0. The fourth-order valence-electron chi connectivity index (χ4n) is 1.58. The lowest BCUT2D eigenvalue weighted by Crippen LogP contribution is -2.25. The lowest BCUT2D eigenvalue weighted by atomic mass is 10.2. The number of hydrogen-bond donors (Lipinski definition) is 2. The summed E-state index contributed by atoms with van der Waals surface area (Å²) in [6, 6.07) is 7.25. The molecular formula is C11H15FN2S. The highest BCUT2D eigenvalue weighted by atomic mass is 32.2.